The number of imidazole rings is 1. The first-order valence-corrected chi connectivity index (χ1v) is 7.10. The quantitative estimate of drug-likeness (QED) is 0.885. The van der Waals surface area contributed by atoms with Crippen molar-refractivity contribution < 1.29 is 0 Å². The van der Waals surface area contributed by atoms with Crippen LogP contribution in [-0.4, -0.2) is 16.5 Å². The van der Waals surface area contributed by atoms with Crippen LogP contribution in [0.3, 0.4) is 0 Å². The Labute approximate surface area is 123 Å². The maximum atomic E-state index is 6.01. The molecule has 0 saturated heterocycles. The molecule has 0 amide bonds. The maximum absolute atomic E-state index is 6.01. The molecule has 1 aromatic heterocycles. The molecule has 104 valence electrons. The molecule has 0 aliphatic heterocycles. The number of hydrogen-bond acceptors (Lipinski definition) is 2. The van der Waals surface area contributed by atoms with E-state index in [1.807, 2.05) is 0 Å². The second-order valence-corrected chi connectivity index (χ2v) is 6.92. The zero-order valence-corrected chi connectivity index (χ0v) is 12.9. The number of hydrogen-bond donors (Lipinski definition) is 2. The molecule has 0 fully saturated rings. The molecule has 3 N–H and O–H groups in total. The topological polar surface area (TPSA) is 54.7 Å². The second-order valence-electron chi connectivity index (χ2n) is 6.10. The summed E-state index contributed by atoms with van der Waals surface area (Å²) in [6, 6.07) is 3.59. The molecule has 2 rings (SSSR count). The number of fused-ring (bicyclic) bond motifs is 1. The first kappa shape index (κ1) is 14.6. The molecule has 0 radical (unpaired) electrons. The molecule has 1 unspecified atom stereocenters. The van der Waals surface area contributed by atoms with E-state index in [9.17, 15) is 0 Å². The molecular formula is C14H19Cl2N3. The van der Waals surface area contributed by atoms with Crippen molar-refractivity contribution in [3.8, 4) is 0 Å². The Balaban J connectivity index is 2.39. The minimum absolute atomic E-state index is 0.207. The van der Waals surface area contributed by atoms with Crippen LogP contribution in [0.25, 0.3) is 11.0 Å². The third kappa shape index (κ3) is 3.41. The normalized spacial score (nSPS) is 14.0. The maximum Gasteiger partial charge on any atom is 0.111 e. The third-order valence-electron chi connectivity index (χ3n) is 3.07. The summed E-state index contributed by atoms with van der Waals surface area (Å²) in [6.45, 7) is 7.17. The van der Waals surface area contributed by atoms with E-state index in [2.05, 4.69) is 30.7 Å². The minimum atomic E-state index is 0.207. The van der Waals surface area contributed by atoms with E-state index in [1.54, 1.807) is 12.1 Å². The van der Waals surface area contributed by atoms with Crippen molar-refractivity contribution in [2.45, 2.75) is 33.1 Å². The highest BCUT2D eigenvalue weighted by atomic mass is 35.5. The average Bonchev–Trinajstić information content (AvgIpc) is 2.68. The van der Waals surface area contributed by atoms with Crippen LogP contribution in [-0.2, 0) is 0 Å². The number of H-pyrrole nitrogens is 1. The van der Waals surface area contributed by atoms with E-state index in [1.165, 1.54) is 0 Å². The van der Waals surface area contributed by atoms with Crippen LogP contribution >= 0.6 is 23.2 Å². The van der Waals surface area contributed by atoms with Gasteiger partial charge in [0.25, 0.3) is 0 Å². The molecule has 19 heavy (non-hydrogen) atoms. The minimum Gasteiger partial charge on any atom is -0.342 e. The molecule has 0 spiro atoms. The Hall–Kier alpha value is -0.770. The fraction of sp³-hybridized carbons (Fsp3) is 0.500. The van der Waals surface area contributed by atoms with Gasteiger partial charge in [-0.1, -0.05) is 44.0 Å². The fourth-order valence-corrected chi connectivity index (χ4v) is 2.57. The van der Waals surface area contributed by atoms with E-state index in [0.29, 0.717) is 16.6 Å². The Morgan fingerprint density at radius 3 is 2.47 bits per heavy atom. The van der Waals surface area contributed by atoms with Crippen molar-refractivity contribution in [1.82, 2.24) is 9.97 Å². The van der Waals surface area contributed by atoms with Gasteiger partial charge in [0, 0.05) is 12.5 Å². The highest BCUT2D eigenvalue weighted by Gasteiger charge is 2.22. The van der Waals surface area contributed by atoms with Crippen molar-refractivity contribution in [3.05, 3.63) is 28.0 Å². The lowest BCUT2D eigenvalue weighted by molar-refractivity contribution is 0.337. The first-order valence-electron chi connectivity index (χ1n) is 6.35. The summed E-state index contributed by atoms with van der Waals surface area (Å²) in [5.74, 6) is 1.12. The molecule has 1 aromatic carbocycles. The average molecular weight is 300 g/mol. The van der Waals surface area contributed by atoms with Gasteiger partial charge in [0.2, 0.25) is 0 Å². The van der Waals surface area contributed by atoms with Crippen LogP contribution in [0.2, 0.25) is 10.0 Å². The van der Waals surface area contributed by atoms with Gasteiger partial charge in [-0.2, -0.15) is 0 Å². The lowest BCUT2D eigenvalue weighted by atomic mass is 9.84. The smallest absolute Gasteiger partial charge is 0.111 e. The number of benzene rings is 1. The molecule has 1 atom stereocenters. The van der Waals surface area contributed by atoms with Crippen LogP contribution < -0.4 is 5.73 Å². The van der Waals surface area contributed by atoms with Gasteiger partial charge in [-0.25, -0.2) is 4.98 Å². The molecule has 5 heteroatoms. The summed E-state index contributed by atoms with van der Waals surface area (Å²) < 4.78 is 0. The molecular weight excluding hydrogens is 281 g/mol. The monoisotopic (exact) mass is 299 g/mol. The van der Waals surface area contributed by atoms with Gasteiger partial charge >= 0.3 is 0 Å². The molecule has 0 aliphatic carbocycles. The van der Waals surface area contributed by atoms with E-state index >= 15 is 0 Å². The van der Waals surface area contributed by atoms with Gasteiger partial charge in [-0.15, -0.1) is 0 Å². The largest absolute Gasteiger partial charge is 0.342 e. The Bertz CT molecular complexity index is 545. The standard InChI is InChI=1S/C14H19Cl2N3/c1-14(2,3)6-8(7-17)13-18-11-4-9(15)10(16)5-12(11)19-13/h4-5,8H,6-7,17H2,1-3H3,(H,18,19). The van der Waals surface area contributed by atoms with Gasteiger partial charge < -0.3 is 10.7 Å². The Morgan fingerprint density at radius 2 is 1.89 bits per heavy atom. The van der Waals surface area contributed by atoms with Crippen LogP contribution in [0.1, 0.15) is 38.9 Å². The van der Waals surface area contributed by atoms with Crippen molar-refractivity contribution in [2.75, 3.05) is 6.54 Å². The van der Waals surface area contributed by atoms with E-state index in [4.69, 9.17) is 28.9 Å². The summed E-state index contributed by atoms with van der Waals surface area (Å²) in [5, 5.41) is 1.05. The van der Waals surface area contributed by atoms with Gasteiger partial charge in [0.1, 0.15) is 5.82 Å². The molecule has 0 saturated carbocycles. The van der Waals surface area contributed by atoms with Gasteiger partial charge in [-0.05, 0) is 24.0 Å². The van der Waals surface area contributed by atoms with E-state index in [-0.39, 0.29) is 11.3 Å². The number of nitrogens with two attached hydrogens (primary N) is 1. The van der Waals surface area contributed by atoms with Gasteiger partial charge in [-0.3, -0.25) is 0 Å². The lowest BCUT2D eigenvalue weighted by Gasteiger charge is -2.23. The summed E-state index contributed by atoms with van der Waals surface area (Å²) in [6.07, 6.45) is 0.977. The molecule has 1 heterocycles. The van der Waals surface area contributed by atoms with Crippen LogP contribution in [0, 0.1) is 5.41 Å². The fourth-order valence-electron chi connectivity index (χ4n) is 2.25. The summed E-state index contributed by atoms with van der Waals surface area (Å²) in [4.78, 5) is 7.89. The predicted molar refractivity (Wildman–Crippen MR) is 82.0 cm³/mol. The Kier molecular flexibility index (Phi) is 4.09. The van der Waals surface area contributed by atoms with Crippen LogP contribution in [0.15, 0.2) is 12.1 Å². The summed E-state index contributed by atoms with van der Waals surface area (Å²) >= 11 is 12.0. The number of nitrogens with one attached hydrogen (secondary N) is 1. The Morgan fingerprint density at radius 1 is 1.26 bits per heavy atom. The predicted octanol–water partition coefficient (Wildman–Crippen LogP) is 4.35. The second kappa shape index (κ2) is 5.31. The number of aromatic amines is 1. The van der Waals surface area contributed by atoms with E-state index in [0.717, 1.165) is 23.3 Å². The van der Waals surface area contributed by atoms with Gasteiger partial charge in [0.05, 0.1) is 21.1 Å². The number of aromatic nitrogens is 2. The lowest BCUT2D eigenvalue weighted by Crippen LogP contribution is -2.20. The van der Waals surface area contributed by atoms with Crippen molar-refractivity contribution in [2.24, 2.45) is 11.1 Å². The number of nitrogens with zero attached hydrogens (tertiary/aromatic N) is 1. The number of rotatable bonds is 3. The van der Waals surface area contributed by atoms with Crippen molar-refractivity contribution >= 4 is 34.2 Å². The van der Waals surface area contributed by atoms with Crippen molar-refractivity contribution in [1.29, 1.82) is 0 Å². The summed E-state index contributed by atoms with van der Waals surface area (Å²) in [7, 11) is 0. The molecule has 3 nitrogen and oxygen atoms in total. The number of halogens is 2. The van der Waals surface area contributed by atoms with Crippen molar-refractivity contribution in [3.63, 3.8) is 0 Å². The zero-order chi connectivity index (χ0) is 14.2. The third-order valence-corrected chi connectivity index (χ3v) is 3.79. The highest BCUT2D eigenvalue weighted by Crippen LogP contribution is 2.32. The first-order chi connectivity index (χ1) is 8.80. The van der Waals surface area contributed by atoms with E-state index < -0.39 is 0 Å². The molecule has 2 aromatic rings. The van der Waals surface area contributed by atoms with Crippen LogP contribution in [0.4, 0.5) is 0 Å². The SMILES string of the molecule is CC(C)(C)CC(CN)c1nc2cc(Cl)c(Cl)cc2[nH]1. The zero-order valence-electron chi connectivity index (χ0n) is 11.4. The van der Waals surface area contributed by atoms with Gasteiger partial charge in [0.15, 0.2) is 0 Å². The van der Waals surface area contributed by atoms with Crippen LogP contribution in [0.5, 0.6) is 0 Å². The highest BCUT2D eigenvalue weighted by molar-refractivity contribution is 6.42. The summed E-state index contributed by atoms with van der Waals surface area (Å²) in [5.41, 5.74) is 7.82. The molecule has 0 bridgehead atoms. The molecule has 0 aliphatic rings.